The van der Waals surface area contributed by atoms with Crippen LogP contribution in [0.5, 0.6) is 11.5 Å². The molecule has 46 heavy (non-hydrogen) atoms. The zero-order valence-corrected chi connectivity index (χ0v) is 26.6. The van der Waals surface area contributed by atoms with Crippen molar-refractivity contribution in [1.82, 2.24) is 14.6 Å². The molecule has 3 amide bonds. The Morgan fingerprint density at radius 3 is 2.33 bits per heavy atom. The number of anilines is 2. The fourth-order valence-electron chi connectivity index (χ4n) is 5.42. The summed E-state index contributed by atoms with van der Waals surface area (Å²) in [7, 11) is 2.98. The molecule has 4 aromatic rings. The summed E-state index contributed by atoms with van der Waals surface area (Å²) < 4.78 is 26.1. The minimum Gasteiger partial charge on any atom is -0.497 e. The number of amides is 3. The lowest BCUT2D eigenvalue weighted by molar-refractivity contribution is -0.132. The van der Waals surface area contributed by atoms with Gasteiger partial charge in [0.2, 0.25) is 5.91 Å². The topological polar surface area (TPSA) is 135 Å². The van der Waals surface area contributed by atoms with Crippen LogP contribution in [0.15, 0.2) is 65.5 Å². The predicted molar refractivity (Wildman–Crippen MR) is 175 cm³/mol. The molecule has 2 atom stereocenters. The first-order chi connectivity index (χ1) is 22.0. The fourth-order valence-corrected chi connectivity index (χ4v) is 5.60. The van der Waals surface area contributed by atoms with Crippen molar-refractivity contribution in [2.24, 2.45) is 5.73 Å². The van der Waals surface area contributed by atoms with E-state index < -0.39 is 23.9 Å². The zero-order valence-electron chi connectivity index (χ0n) is 25.9. The van der Waals surface area contributed by atoms with Gasteiger partial charge in [0.15, 0.2) is 5.82 Å². The van der Waals surface area contributed by atoms with Gasteiger partial charge in [0.1, 0.15) is 17.3 Å². The minimum atomic E-state index is -0.876. The van der Waals surface area contributed by atoms with E-state index in [2.05, 4.69) is 5.32 Å². The van der Waals surface area contributed by atoms with E-state index in [0.29, 0.717) is 65.0 Å². The second-order valence-electron chi connectivity index (χ2n) is 10.8. The molecule has 242 valence electrons. The molecule has 3 aromatic carbocycles. The van der Waals surface area contributed by atoms with Gasteiger partial charge in [-0.05, 0) is 68.4 Å². The molecule has 12 nitrogen and oxygen atoms in total. The number of aromatic nitrogens is 2. The van der Waals surface area contributed by atoms with Crippen LogP contribution in [0.2, 0.25) is 5.02 Å². The monoisotopic (exact) mass is 651 g/mol. The van der Waals surface area contributed by atoms with Crippen molar-refractivity contribution >= 4 is 45.8 Å². The number of benzene rings is 3. The van der Waals surface area contributed by atoms with E-state index >= 15 is 0 Å². The van der Waals surface area contributed by atoms with E-state index in [1.54, 1.807) is 60.2 Å². The van der Waals surface area contributed by atoms with E-state index in [9.17, 15) is 18.8 Å². The summed E-state index contributed by atoms with van der Waals surface area (Å²) in [5, 5.41) is 5.28. The molecule has 2 heterocycles. The Bertz CT molecular complexity index is 1810. The quantitative estimate of drug-likeness (QED) is 0.290. The maximum Gasteiger partial charge on any atom is 0.327 e. The van der Waals surface area contributed by atoms with Gasteiger partial charge in [-0.1, -0.05) is 11.6 Å². The van der Waals surface area contributed by atoms with Gasteiger partial charge < -0.3 is 30.4 Å². The highest BCUT2D eigenvalue weighted by atomic mass is 35.5. The lowest BCUT2D eigenvalue weighted by Gasteiger charge is -2.39. The summed E-state index contributed by atoms with van der Waals surface area (Å²) in [5.41, 5.74) is 6.55. The number of carbonyl (C=O) groups is 2. The molecule has 0 spiro atoms. The first-order valence-corrected chi connectivity index (χ1v) is 15.0. The van der Waals surface area contributed by atoms with E-state index in [4.69, 9.17) is 31.8 Å². The molecule has 0 saturated carbocycles. The average Bonchev–Trinajstić information content (AvgIpc) is 3.05. The molecular formula is C32H35ClFN7O5. The van der Waals surface area contributed by atoms with Gasteiger partial charge >= 0.3 is 6.03 Å². The third kappa shape index (κ3) is 6.56. The van der Waals surface area contributed by atoms with Crippen molar-refractivity contribution < 1.29 is 23.5 Å². The molecule has 1 fully saturated rings. The Kier molecular flexibility index (Phi) is 9.63. The van der Waals surface area contributed by atoms with Crippen LogP contribution in [0.25, 0.3) is 10.9 Å². The third-order valence-electron chi connectivity index (χ3n) is 7.80. The van der Waals surface area contributed by atoms with Crippen molar-refractivity contribution in [3.8, 4) is 11.5 Å². The molecule has 0 unspecified atom stereocenters. The highest BCUT2D eigenvalue weighted by molar-refractivity contribution is 6.31. The Morgan fingerprint density at radius 2 is 1.70 bits per heavy atom. The average molecular weight is 652 g/mol. The van der Waals surface area contributed by atoms with Crippen molar-refractivity contribution in [1.29, 1.82) is 0 Å². The van der Waals surface area contributed by atoms with Crippen molar-refractivity contribution in [2.75, 3.05) is 55.6 Å². The number of carbonyl (C=O) groups excluding carboxylic acids is 2. The van der Waals surface area contributed by atoms with Gasteiger partial charge in [0.25, 0.3) is 5.56 Å². The van der Waals surface area contributed by atoms with E-state index in [1.807, 2.05) is 0 Å². The Hall–Kier alpha value is -4.88. The molecule has 0 radical (unpaired) electrons. The first kappa shape index (κ1) is 32.5. The fraction of sp³-hybridized carbons (Fsp3) is 0.312. The van der Waals surface area contributed by atoms with Gasteiger partial charge in [-0.15, -0.1) is 0 Å². The van der Waals surface area contributed by atoms with Crippen LogP contribution in [-0.4, -0.2) is 72.9 Å². The van der Waals surface area contributed by atoms with Crippen molar-refractivity contribution in [3.05, 3.63) is 87.7 Å². The summed E-state index contributed by atoms with van der Waals surface area (Å²) in [6.07, 6.45) is 0. The van der Waals surface area contributed by atoms with Crippen LogP contribution >= 0.6 is 11.6 Å². The molecule has 5 rings (SSSR count). The third-order valence-corrected chi connectivity index (χ3v) is 8.03. The molecule has 1 aromatic heterocycles. The Balaban J connectivity index is 1.65. The van der Waals surface area contributed by atoms with Crippen LogP contribution in [0.3, 0.4) is 0 Å². The number of fused-ring (bicyclic) bond motifs is 1. The smallest absolute Gasteiger partial charge is 0.327 e. The number of hydrogen-bond acceptors (Lipinski definition) is 8. The molecule has 3 N–H and O–H groups in total. The van der Waals surface area contributed by atoms with Crippen molar-refractivity contribution in [3.63, 3.8) is 0 Å². The normalized spacial score (nSPS) is 14.5. The summed E-state index contributed by atoms with van der Waals surface area (Å²) in [5.74, 6) is 0.444. The number of rotatable bonds is 8. The van der Waals surface area contributed by atoms with Crippen LogP contribution in [0, 0.1) is 5.82 Å². The summed E-state index contributed by atoms with van der Waals surface area (Å²) >= 11 is 6.28. The second-order valence-corrected chi connectivity index (χ2v) is 11.3. The summed E-state index contributed by atoms with van der Waals surface area (Å²) in [4.78, 5) is 48.9. The second kappa shape index (κ2) is 13.6. The maximum atomic E-state index is 14.2. The van der Waals surface area contributed by atoms with Gasteiger partial charge in [-0.2, -0.15) is 0 Å². The molecule has 1 aliphatic rings. The van der Waals surface area contributed by atoms with E-state index in [-0.39, 0.29) is 17.3 Å². The number of methoxy groups -OCH3 is 2. The molecule has 1 aliphatic heterocycles. The number of nitrogens with zero attached hydrogens (tertiary/aromatic N) is 5. The zero-order chi connectivity index (χ0) is 33.1. The van der Waals surface area contributed by atoms with Crippen LogP contribution in [-0.2, 0) is 4.79 Å². The first-order valence-electron chi connectivity index (χ1n) is 14.6. The molecular weight excluding hydrogens is 617 g/mol. The van der Waals surface area contributed by atoms with E-state index in [1.165, 1.54) is 48.1 Å². The molecule has 14 heteroatoms. The largest absolute Gasteiger partial charge is 0.497 e. The van der Waals surface area contributed by atoms with Crippen LogP contribution < -0.4 is 36.0 Å². The highest BCUT2D eigenvalue weighted by Gasteiger charge is 2.33. The number of nitrogens with two attached hydrogens (primary N) is 1. The van der Waals surface area contributed by atoms with Gasteiger partial charge in [-0.3, -0.25) is 14.5 Å². The predicted octanol–water partition coefficient (Wildman–Crippen LogP) is 4.13. The number of piperazine rings is 1. The van der Waals surface area contributed by atoms with Gasteiger partial charge in [-0.25, -0.2) is 18.8 Å². The maximum absolute atomic E-state index is 14.2. The number of ether oxygens (including phenoxy) is 2. The Morgan fingerprint density at radius 1 is 1.00 bits per heavy atom. The molecule has 1 saturated heterocycles. The lowest BCUT2D eigenvalue weighted by atomic mass is 10.1. The van der Waals surface area contributed by atoms with Crippen molar-refractivity contribution in [2.45, 2.75) is 25.9 Å². The minimum absolute atomic E-state index is 0.181. The highest BCUT2D eigenvalue weighted by Crippen LogP contribution is 2.37. The summed E-state index contributed by atoms with van der Waals surface area (Å²) in [6, 6.07) is 13.1. The Labute approximate surface area is 270 Å². The lowest BCUT2D eigenvalue weighted by Crippen LogP contribution is -2.58. The number of halogens is 2. The SMILES string of the molecule is COc1ccc(N(C(=O)Nc2ccc(F)cc2)[C@H](C)c2nc3ccc(Cl)cc3c(=O)n2N2CCN(C(=O)[C@H](C)N)CC2)c(OC)c1. The van der Waals surface area contributed by atoms with Gasteiger partial charge in [0.05, 0.1) is 56.0 Å². The van der Waals surface area contributed by atoms with Gasteiger partial charge in [0, 0.05) is 29.9 Å². The van der Waals surface area contributed by atoms with Crippen LogP contribution in [0.4, 0.5) is 20.6 Å². The van der Waals surface area contributed by atoms with E-state index in [0.717, 1.165) is 0 Å². The number of nitrogens with one attached hydrogen (secondary N) is 1. The number of urea groups is 1. The standard InChI is InChI=1S/C32H35ClFN7O5/c1-19(35)30(42)38-13-15-39(16-14-38)41-29(37-26-11-5-21(33)17-25(26)31(41)43)20(2)40(27-12-10-24(45-3)18-28(27)46-4)32(44)36-23-8-6-22(34)7-9-23/h5-12,17-20H,13-16,35H2,1-4H3,(H,36,44)/t19-,20+/m0/s1. The molecule has 0 aliphatic carbocycles. The number of hydrogen-bond donors (Lipinski definition) is 2. The van der Waals surface area contributed by atoms with Crippen LogP contribution in [0.1, 0.15) is 25.7 Å². The molecule has 0 bridgehead atoms. The summed E-state index contributed by atoms with van der Waals surface area (Å²) in [6.45, 7) is 4.64.